The van der Waals surface area contributed by atoms with E-state index in [-0.39, 0.29) is 0 Å². The molecule has 0 spiro atoms. The fourth-order valence-electron chi connectivity index (χ4n) is 0.560. The van der Waals surface area contributed by atoms with E-state index in [0.717, 1.165) is 6.42 Å². The molecule has 0 bridgehead atoms. The molecule has 0 unspecified atom stereocenters. The highest BCUT2D eigenvalue weighted by Crippen LogP contribution is 1.99. The smallest absolute Gasteiger partial charge is 0.0287 e. The molecule has 0 heterocycles. The van der Waals surface area contributed by atoms with Crippen molar-refractivity contribution in [1.29, 1.82) is 0 Å². The molecule has 0 amide bonds. The Morgan fingerprint density at radius 1 is 1.40 bits per heavy atom. The largest absolute Gasteiger partial charge is 0.0820 e. The van der Waals surface area contributed by atoms with Crippen molar-refractivity contribution in [2.45, 2.75) is 34.1 Å². The van der Waals surface area contributed by atoms with Crippen molar-refractivity contribution in [3.63, 3.8) is 0 Å². The molecular weight excluding hydrogens is 120 g/mol. The molecule has 0 aliphatic heterocycles. The third kappa shape index (κ3) is 5.61. The van der Waals surface area contributed by atoms with Crippen LogP contribution in [0.3, 0.4) is 0 Å². The number of rotatable bonds is 3. The van der Waals surface area contributed by atoms with Gasteiger partial charge in [-0.15, -0.1) is 0 Å². The maximum absolute atomic E-state index is 2.21. The van der Waals surface area contributed by atoms with Crippen LogP contribution in [0.2, 0.25) is 0 Å². The van der Waals surface area contributed by atoms with Crippen molar-refractivity contribution in [2.75, 3.05) is 0 Å². The van der Waals surface area contributed by atoms with Crippen LogP contribution < -0.4 is 0 Å². The van der Waals surface area contributed by atoms with Crippen LogP contribution in [0.5, 0.6) is 0 Å². The summed E-state index contributed by atoms with van der Waals surface area (Å²) in [5, 5.41) is 0. The third-order valence-electron chi connectivity index (χ3n) is 1.43. The molecule has 0 saturated heterocycles. The van der Waals surface area contributed by atoms with Crippen LogP contribution in [0.25, 0.3) is 0 Å². The second-order valence-electron chi connectivity index (χ2n) is 3.00. The maximum Gasteiger partial charge on any atom is -0.0287 e. The molecule has 0 aliphatic carbocycles. The molecular formula is C10H18. The summed E-state index contributed by atoms with van der Waals surface area (Å²) in [6.45, 7) is 8.71. The molecule has 0 fully saturated rings. The first-order valence-corrected chi connectivity index (χ1v) is 4.00. The van der Waals surface area contributed by atoms with Gasteiger partial charge in [-0.3, -0.25) is 0 Å². The van der Waals surface area contributed by atoms with E-state index in [0.29, 0.717) is 5.92 Å². The van der Waals surface area contributed by atoms with Gasteiger partial charge >= 0.3 is 0 Å². The molecule has 58 valence electrons. The summed E-state index contributed by atoms with van der Waals surface area (Å²) in [6.07, 6.45) is 7.69. The minimum atomic E-state index is 0.668. The molecule has 10 heavy (non-hydrogen) atoms. The Hall–Kier alpha value is -0.520. The van der Waals surface area contributed by atoms with Gasteiger partial charge in [-0.2, -0.15) is 0 Å². The van der Waals surface area contributed by atoms with Crippen LogP contribution in [0, 0.1) is 5.92 Å². The van der Waals surface area contributed by atoms with E-state index < -0.39 is 0 Å². The molecule has 0 N–H and O–H groups in total. The van der Waals surface area contributed by atoms with E-state index in [1.54, 1.807) is 0 Å². The van der Waals surface area contributed by atoms with Crippen molar-refractivity contribution < 1.29 is 0 Å². The zero-order valence-corrected chi connectivity index (χ0v) is 7.52. The topological polar surface area (TPSA) is 0 Å². The lowest BCUT2D eigenvalue weighted by molar-refractivity contribution is 0.831. The number of hydrogen-bond donors (Lipinski definition) is 0. The highest BCUT2D eigenvalue weighted by Gasteiger charge is 1.81. The van der Waals surface area contributed by atoms with Gasteiger partial charge in [0.1, 0.15) is 0 Å². The average molecular weight is 138 g/mol. The Bertz CT molecular complexity index is 127. The van der Waals surface area contributed by atoms with Gasteiger partial charge in [-0.1, -0.05) is 44.6 Å². The van der Waals surface area contributed by atoms with E-state index in [1.165, 1.54) is 5.57 Å². The van der Waals surface area contributed by atoms with E-state index in [1.807, 2.05) is 0 Å². The van der Waals surface area contributed by atoms with Crippen LogP contribution in [0.4, 0.5) is 0 Å². The lowest BCUT2D eigenvalue weighted by Crippen LogP contribution is -1.75. The van der Waals surface area contributed by atoms with Crippen molar-refractivity contribution in [2.24, 2.45) is 5.92 Å². The SMILES string of the molecule is CC/C(C)=C/C=C/C(C)C. The third-order valence-corrected chi connectivity index (χ3v) is 1.43. The maximum atomic E-state index is 2.21. The summed E-state index contributed by atoms with van der Waals surface area (Å²) in [4.78, 5) is 0. The van der Waals surface area contributed by atoms with E-state index in [2.05, 4.69) is 45.9 Å². The molecule has 0 saturated carbocycles. The van der Waals surface area contributed by atoms with E-state index in [4.69, 9.17) is 0 Å². The molecule has 0 aliphatic rings. The van der Waals surface area contributed by atoms with Crippen LogP contribution >= 0.6 is 0 Å². The van der Waals surface area contributed by atoms with Crippen LogP contribution in [0.1, 0.15) is 34.1 Å². The van der Waals surface area contributed by atoms with Gasteiger partial charge in [0, 0.05) is 0 Å². The van der Waals surface area contributed by atoms with Gasteiger partial charge in [-0.05, 0) is 19.3 Å². The summed E-state index contributed by atoms with van der Waals surface area (Å²) in [7, 11) is 0. The summed E-state index contributed by atoms with van der Waals surface area (Å²) < 4.78 is 0. The Balaban J connectivity index is 3.70. The molecule has 0 aromatic rings. The standard InChI is InChI=1S/C10H18/c1-5-10(4)8-6-7-9(2)3/h6-9H,5H2,1-4H3/b7-6+,10-8+. The Morgan fingerprint density at radius 3 is 2.40 bits per heavy atom. The van der Waals surface area contributed by atoms with Crippen LogP contribution in [0.15, 0.2) is 23.8 Å². The fourth-order valence-corrected chi connectivity index (χ4v) is 0.560. The molecule has 0 nitrogen and oxygen atoms in total. The lowest BCUT2D eigenvalue weighted by Gasteiger charge is -1.92. The van der Waals surface area contributed by atoms with Crippen molar-refractivity contribution >= 4 is 0 Å². The molecule has 0 aromatic heterocycles. The average Bonchev–Trinajstić information content (AvgIpc) is 1.87. The van der Waals surface area contributed by atoms with Gasteiger partial charge in [0.05, 0.1) is 0 Å². The second kappa shape index (κ2) is 5.28. The van der Waals surface area contributed by atoms with E-state index in [9.17, 15) is 0 Å². The zero-order valence-electron chi connectivity index (χ0n) is 7.52. The Kier molecular flexibility index (Phi) is 5.00. The van der Waals surface area contributed by atoms with Crippen molar-refractivity contribution in [3.8, 4) is 0 Å². The van der Waals surface area contributed by atoms with Crippen molar-refractivity contribution in [1.82, 2.24) is 0 Å². The Morgan fingerprint density at radius 2 is 2.00 bits per heavy atom. The number of hydrogen-bond acceptors (Lipinski definition) is 0. The van der Waals surface area contributed by atoms with Gasteiger partial charge in [0.15, 0.2) is 0 Å². The van der Waals surface area contributed by atoms with Gasteiger partial charge in [0.2, 0.25) is 0 Å². The summed E-state index contributed by atoms with van der Waals surface area (Å²) >= 11 is 0. The predicted molar refractivity (Wildman–Crippen MR) is 48.0 cm³/mol. The van der Waals surface area contributed by atoms with Crippen LogP contribution in [-0.2, 0) is 0 Å². The molecule has 0 aromatic carbocycles. The van der Waals surface area contributed by atoms with E-state index >= 15 is 0 Å². The second-order valence-corrected chi connectivity index (χ2v) is 3.00. The monoisotopic (exact) mass is 138 g/mol. The first-order valence-electron chi connectivity index (χ1n) is 4.00. The minimum Gasteiger partial charge on any atom is -0.0820 e. The van der Waals surface area contributed by atoms with Gasteiger partial charge < -0.3 is 0 Å². The zero-order chi connectivity index (χ0) is 7.98. The quantitative estimate of drug-likeness (QED) is 0.523. The molecule has 0 heteroatoms. The van der Waals surface area contributed by atoms with Crippen molar-refractivity contribution in [3.05, 3.63) is 23.8 Å². The normalized spacial score (nSPS) is 13.5. The first kappa shape index (κ1) is 9.48. The lowest BCUT2D eigenvalue weighted by atomic mass is 10.2. The molecule has 0 radical (unpaired) electrons. The highest BCUT2D eigenvalue weighted by molar-refractivity contribution is 5.10. The molecule has 0 rings (SSSR count). The first-order chi connectivity index (χ1) is 4.66. The predicted octanol–water partition coefficient (Wildman–Crippen LogP) is 3.55. The van der Waals surface area contributed by atoms with Gasteiger partial charge in [-0.25, -0.2) is 0 Å². The summed E-state index contributed by atoms with van der Waals surface area (Å²) in [6, 6.07) is 0. The highest BCUT2D eigenvalue weighted by atomic mass is 13.9. The fraction of sp³-hybridized carbons (Fsp3) is 0.600. The summed E-state index contributed by atoms with van der Waals surface area (Å²) in [5.41, 5.74) is 1.44. The Labute approximate surface area is 64.6 Å². The minimum absolute atomic E-state index is 0.668. The van der Waals surface area contributed by atoms with Gasteiger partial charge in [0.25, 0.3) is 0 Å². The summed E-state index contributed by atoms with van der Waals surface area (Å²) in [5.74, 6) is 0.668. The number of allylic oxidation sites excluding steroid dienone is 4. The van der Waals surface area contributed by atoms with Crippen LogP contribution in [-0.4, -0.2) is 0 Å². The molecule has 0 atom stereocenters.